The Hall–Kier alpha value is -0.120. The minimum absolute atomic E-state index is 0.844. The minimum atomic E-state index is 0.844. The number of likely N-dealkylation sites (tertiary alicyclic amines) is 1. The monoisotopic (exact) mass is 184 g/mol. The molecule has 0 saturated carbocycles. The molecule has 0 bridgehead atoms. The summed E-state index contributed by atoms with van der Waals surface area (Å²) in [7, 11) is 1.79. The van der Waals surface area contributed by atoms with Gasteiger partial charge in [-0.05, 0) is 38.4 Å². The Balaban J connectivity index is 1.84. The van der Waals surface area contributed by atoms with Gasteiger partial charge >= 0.3 is 0 Å². The molecule has 2 heterocycles. The Labute approximate surface area is 80.4 Å². The summed E-state index contributed by atoms with van der Waals surface area (Å²) in [6, 6.07) is 0.844. The zero-order valence-corrected chi connectivity index (χ0v) is 8.46. The standard InChI is InChI=1S/C10H20N2O/c1-13-7-6-12-5-3-9-8-11-4-2-10(9)12/h9-11H,2-8H2,1H3/t9-,10+/m0/s1. The van der Waals surface area contributed by atoms with Crippen molar-refractivity contribution in [3.05, 3.63) is 0 Å². The van der Waals surface area contributed by atoms with Crippen LogP contribution in [0.25, 0.3) is 0 Å². The molecule has 2 aliphatic rings. The average Bonchev–Trinajstić information content (AvgIpc) is 2.58. The Morgan fingerprint density at radius 3 is 3.23 bits per heavy atom. The van der Waals surface area contributed by atoms with E-state index in [4.69, 9.17) is 4.74 Å². The van der Waals surface area contributed by atoms with Crippen molar-refractivity contribution >= 4 is 0 Å². The van der Waals surface area contributed by atoms with Gasteiger partial charge in [0.1, 0.15) is 0 Å². The first-order valence-corrected chi connectivity index (χ1v) is 5.35. The summed E-state index contributed by atoms with van der Waals surface area (Å²) in [5.41, 5.74) is 0. The van der Waals surface area contributed by atoms with E-state index in [0.29, 0.717) is 0 Å². The molecule has 0 aromatic heterocycles. The third kappa shape index (κ3) is 2.03. The fraction of sp³-hybridized carbons (Fsp3) is 1.00. The number of rotatable bonds is 3. The number of hydrogen-bond donors (Lipinski definition) is 1. The molecule has 2 rings (SSSR count). The van der Waals surface area contributed by atoms with Crippen molar-refractivity contribution in [2.45, 2.75) is 18.9 Å². The average molecular weight is 184 g/mol. The molecule has 0 aromatic rings. The molecule has 0 amide bonds. The van der Waals surface area contributed by atoms with E-state index >= 15 is 0 Å². The number of nitrogens with one attached hydrogen (secondary N) is 1. The summed E-state index contributed by atoms with van der Waals surface area (Å²) in [4.78, 5) is 2.61. The van der Waals surface area contributed by atoms with E-state index in [9.17, 15) is 0 Å². The van der Waals surface area contributed by atoms with Crippen molar-refractivity contribution in [1.82, 2.24) is 10.2 Å². The SMILES string of the molecule is COCCN1CC[C@H]2CNCC[C@H]21. The van der Waals surface area contributed by atoms with Crippen LogP contribution in [0.4, 0.5) is 0 Å². The molecule has 2 aliphatic heterocycles. The molecule has 13 heavy (non-hydrogen) atoms. The van der Waals surface area contributed by atoms with Gasteiger partial charge in [0.05, 0.1) is 6.61 Å². The number of piperidine rings is 1. The second kappa shape index (κ2) is 4.40. The van der Waals surface area contributed by atoms with Crippen LogP contribution in [0.1, 0.15) is 12.8 Å². The molecule has 1 N–H and O–H groups in total. The summed E-state index contributed by atoms with van der Waals surface area (Å²) in [6.45, 7) is 5.72. The van der Waals surface area contributed by atoms with Crippen molar-refractivity contribution in [3.63, 3.8) is 0 Å². The number of methoxy groups -OCH3 is 1. The van der Waals surface area contributed by atoms with E-state index in [0.717, 1.165) is 25.1 Å². The third-order valence-electron chi connectivity index (χ3n) is 3.41. The Bertz CT molecular complexity index is 163. The molecule has 0 unspecified atom stereocenters. The molecule has 2 atom stereocenters. The topological polar surface area (TPSA) is 24.5 Å². The number of hydrogen-bond acceptors (Lipinski definition) is 3. The largest absolute Gasteiger partial charge is 0.383 e. The first-order valence-electron chi connectivity index (χ1n) is 5.35. The molecule has 3 nitrogen and oxygen atoms in total. The van der Waals surface area contributed by atoms with Crippen molar-refractivity contribution in [1.29, 1.82) is 0 Å². The van der Waals surface area contributed by atoms with Crippen LogP contribution in [0.5, 0.6) is 0 Å². The predicted octanol–water partition coefficient (Wildman–Crippen LogP) is 0.317. The van der Waals surface area contributed by atoms with E-state index in [-0.39, 0.29) is 0 Å². The van der Waals surface area contributed by atoms with E-state index in [1.54, 1.807) is 7.11 Å². The van der Waals surface area contributed by atoms with Crippen molar-refractivity contribution in [2.75, 3.05) is 39.9 Å². The molecular weight excluding hydrogens is 164 g/mol. The lowest BCUT2D eigenvalue weighted by Crippen LogP contribution is -2.44. The van der Waals surface area contributed by atoms with Gasteiger partial charge in [0.25, 0.3) is 0 Å². The van der Waals surface area contributed by atoms with Crippen LogP contribution in [-0.4, -0.2) is 50.8 Å². The zero-order chi connectivity index (χ0) is 9.10. The lowest BCUT2D eigenvalue weighted by Gasteiger charge is -2.32. The molecule has 0 aliphatic carbocycles. The van der Waals surface area contributed by atoms with Gasteiger partial charge in [-0.1, -0.05) is 0 Å². The van der Waals surface area contributed by atoms with Gasteiger partial charge in [-0.3, -0.25) is 4.90 Å². The summed E-state index contributed by atoms with van der Waals surface area (Å²) in [5.74, 6) is 0.908. The van der Waals surface area contributed by atoms with Crippen LogP contribution in [0.3, 0.4) is 0 Å². The van der Waals surface area contributed by atoms with E-state index in [1.165, 1.54) is 32.5 Å². The quantitative estimate of drug-likeness (QED) is 0.683. The molecule has 76 valence electrons. The number of fused-ring (bicyclic) bond motifs is 1. The van der Waals surface area contributed by atoms with Gasteiger partial charge in [0, 0.05) is 19.7 Å². The molecule has 2 saturated heterocycles. The smallest absolute Gasteiger partial charge is 0.0589 e. The van der Waals surface area contributed by atoms with Gasteiger partial charge in [0.15, 0.2) is 0 Å². The van der Waals surface area contributed by atoms with E-state index in [2.05, 4.69) is 10.2 Å². The highest BCUT2D eigenvalue weighted by atomic mass is 16.5. The molecule has 0 aromatic carbocycles. The van der Waals surface area contributed by atoms with Gasteiger partial charge < -0.3 is 10.1 Å². The van der Waals surface area contributed by atoms with Crippen LogP contribution in [-0.2, 0) is 4.74 Å². The Kier molecular flexibility index (Phi) is 3.19. The van der Waals surface area contributed by atoms with Gasteiger partial charge in [-0.25, -0.2) is 0 Å². The number of ether oxygens (including phenoxy) is 1. The van der Waals surface area contributed by atoms with Gasteiger partial charge in [-0.15, -0.1) is 0 Å². The van der Waals surface area contributed by atoms with Crippen LogP contribution < -0.4 is 5.32 Å². The molecule has 2 fully saturated rings. The van der Waals surface area contributed by atoms with Gasteiger partial charge in [0.2, 0.25) is 0 Å². The maximum Gasteiger partial charge on any atom is 0.0589 e. The second-order valence-electron chi connectivity index (χ2n) is 4.14. The first-order chi connectivity index (χ1) is 6.42. The molecule has 3 heteroatoms. The van der Waals surface area contributed by atoms with E-state index < -0.39 is 0 Å². The van der Waals surface area contributed by atoms with Crippen LogP contribution >= 0.6 is 0 Å². The molecule has 0 spiro atoms. The van der Waals surface area contributed by atoms with Crippen molar-refractivity contribution in [3.8, 4) is 0 Å². The first kappa shape index (κ1) is 9.44. The highest BCUT2D eigenvalue weighted by Crippen LogP contribution is 2.27. The highest BCUT2D eigenvalue weighted by Gasteiger charge is 2.34. The van der Waals surface area contributed by atoms with E-state index in [1.807, 2.05) is 0 Å². The summed E-state index contributed by atoms with van der Waals surface area (Å²) < 4.78 is 5.13. The minimum Gasteiger partial charge on any atom is -0.383 e. The third-order valence-corrected chi connectivity index (χ3v) is 3.41. The van der Waals surface area contributed by atoms with Crippen molar-refractivity contribution < 1.29 is 4.74 Å². The summed E-state index contributed by atoms with van der Waals surface area (Å²) in [6.07, 6.45) is 2.70. The molecular formula is C10H20N2O. The predicted molar refractivity (Wildman–Crippen MR) is 52.8 cm³/mol. The summed E-state index contributed by atoms with van der Waals surface area (Å²) in [5, 5.41) is 3.47. The summed E-state index contributed by atoms with van der Waals surface area (Å²) >= 11 is 0. The highest BCUT2D eigenvalue weighted by molar-refractivity contribution is 4.91. The fourth-order valence-corrected chi connectivity index (χ4v) is 2.67. The number of nitrogens with zero attached hydrogens (tertiary/aromatic N) is 1. The lowest BCUT2D eigenvalue weighted by molar-refractivity contribution is 0.123. The Morgan fingerprint density at radius 2 is 2.38 bits per heavy atom. The second-order valence-corrected chi connectivity index (χ2v) is 4.14. The van der Waals surface area contributed by atoms with Crippen molar-refractivity contribution in [2.24, 2.45) is 5.92 Å². The van der Waals surface area contributed by atoms with Crippen LogP contribution in [0, 0.1) is 5.92 Å². The normalized spacial score (nSPS) is 34.8. The Morgan fingerprint density at radius 1 is 1.46 bits per heavy atom. The van der Waals surface area contributed by atoms with Crippen LogP contribution in [0.15, 0.2) is 0 Å². The fourth-order valence-electron chi connectivity index (χ4n) is 2.67. The maximum atomic E-state index is 5.13. The lowest BCUT2D eigenvalue weighted by atomic mass is 9.94. The van der Waals surface area contributed by atoms with Crippen LogP contribution in [0.2, 0.25) is 0 Å². The molecule has 0 radical (unpaired) electrons. The maximum absolute atomic E-state index is 5.13. The van der Waals surface area contributed by atoms with Gasteiger partial charge in [-0.2, -0.15) is 0 Å². The zero-order valence-electron chi connectivity index (χ0n) is 8.46.